The summed E-state index contributed by atoms with van der Waals surface area (Å²) in [5.41, 5.74) is 0. The monoisotopic (exact) mass is 1340 g/mol. The zero-order chi connectivity index (χ0) is 70.4. The van der Waals surface area contributed by atoms with Gasteiger partial charge >= 0.3 is 11.9 Å². The van der Waals surface area contributed by atoms with Crippen molar-refractivity contribution in [1.82, 2.24) is 0 Å². The van der Waals surface area contributed by atoms with Gasteiger partial charge in [-0.2, -0.15) is 0 Å². The van der Waals surface area contributed by atoms with Crippen LogP contribution in [0.2, 0.25) is 0 Å². The van der Waals surface area contributed by atoms with Gasteiger partial charge < -0.3 is 33.3 Å². The van der Waals surface area contributed by atoms with Crippen molar-refractivity contribution < 1.29 is 42.9 Å². The van der Waals surface area contributed by atoms with Gasteiger partial charge in [-0.25, -0.2) is 0 Å². The Bertz CT molecular complexity index is 2210. The van der Waals surface area contributed by atoms with E-state index >= 15 is 0 Å². The second kappa shape index (κ2) is 76.4. The molecule has 0 aromatic rings. The number of hydrogen-bond acceptors (Lipinski definition) is 8. The molecule has 0 fully saturated rings. The van der Waals surface area contributed by atoms with Crippen molar-refractivity contribution in [2.75, 3.05) is 47.5 Å². The van der Waals surface area contributed by atoms with Crippen LogP contribution in [0.5, 0.6) is 0 Å². The molecule has 0 aliphatic carbocycles. The summed E-state index contributed by atoms with van der Waals surface area (Å²) in [4.78, 5) is 37.6. The molecular formula is C88H145NO8. The Balaban J connectivity index is 4.10. The molecular weight excluding hydrogens is 1200 g/mol. The molecule has 0 rings (SSSR count). The predicted molar refractivity (Wildman–Crippen MR) is 416 cm³/mol. The average Bonchev–Trinajstić information content (AvgIpc) is 3.11. The zero-order valence-electron chi connectivity index (χ0n) is 62.9. The number of unbranched alkanes of at least 4 members (excludes halogenated alkanes) is 28. The molecule has 0 bridgehead atoms. The highest BCUT2D eigenvalue weighted by molar-refractivity contribution is 5.70. The molecule has 0 N–H and O–H groups in total. The number of aliphatic carboxylic acids is 1. The number of ether oxygens (including phenoxy) is 4. The van der Waals surface area contributed by atoms with Crippen LogP contribution in [0.15, 0.2) is 170 Å². The zero-order valence-corrected chi connectivity index (χ0v) is 62.9. The van der Waals surface area contributed by atoms with Gasteiger partial charge in [0.15, 0.2) is 12.4 Å². The average molecular weight is 1350 g/mol. The quantitative estimate of drug-likeness (QED) is 0.0195. The second-order valence-corrected chi connectivity index (χ2v) is 26.9. The molecule has 2 unspecified atom stereocenters. The largest absolute Gasteiger partial charge is 0.545 e. The van der Waals surface area contributed by atoms with Gasteiger partial charge in [-0.15, -0.1) is 0 Å². The van der Waals surface area contributed by atoms with Crippen molar-refractivity contribution in [3.8, 4) is 0 Å². The van der Waals surface area contributed by atoms with Gasteiger partial charge in [-0.3, -0.25) is 9.59 Å². The minimum Gasteiger partial charge on any atom is -0.545 e. The van der Waals surface area contributed by atoms with Crippen molar-refractivity contribution in [3.05, 3.63) is 170 Å². The number of rotatable bonds is 71. The summed E-state index contributed by atoms with van der Waals surface area (Å²) >= 11 is 0. The highest BCUT2D eigenvalue weighted by Gasteiger charge is 2.22. The summed E-state index contributed by atoms with van der Waals surface area (Å²) in [6.07, 6.45) is 112. The minimum absolute atomic E-state index is 0.140. The summed E-state index contributed by atoms with van der Waals surface area (Å²) < 4.78 is 22.8. The maximum Gasteiger partial charge on any atom is 0.306 e. The van der Waals surface area contributed by atoms with E-state index < -0.39 is 24.3 Å². The highest BCUT2D eigenvalue weighted by Crippen LogP contribution is 2.17. The summed E-state index contributed by atoms with van der Waals surface area (Å²) in [7, 11) is 5.93. The van der Waals surface area contributed by atoms with E-state index in [1.54, 1.807) is 0 Å². The standard InChI is InChI=1S/C88H145NO8/c1-6-8-10-12-14-16-18-20-22-24-26-28-30-32-34-36-38-40-42-43-45-47-49-51-53-55-57-59-61-63-65-67-69-71-73-75-77-79-86(91)97-84(83-96-88(87(92)93)94-81-80-89(3,4)5)82-95-85(90)78-76-74-72-70-68-66-64-62-60-58-56-54-52-50-48-46-44-41-39-37-35-33-31-29-27-25-23-21-19-17-15-13-11-9-7-2/h8-11,14-17,20-23,26-29,32-35,38,40,43,45,49,51,55,57,84,88H,6-7,12-13,18-19,24-25,30-31,36-37,39,41-42,44,46-48,50,52-54,56,58-83H2,1-5H3/b10-8-,11-9-,16-14-,17-15-,22-20-,23-21-,28-26-,29-27-,34-32-,35-33-,40-38-,45-43-,51-49-,57-55-. The molecule has 0 aliphatic rings. The van der Waals surface area contributed by atoms with Crippen LogP contribution >= 0.6 is 0 Å². The molecule has 9 nitrogen and oxygen atoms in total. The van der Waals surface area contributed by atoms with Gasteiger partial charge in [-0.05, 0) is 128 Å². The molecule has 0 radical (unpaired) electrons. The number of carbonyl (C=O) groups excluding carboxylic acids is 3. The lowest BCUT2D eigenvalue weighted by Crippen LogP contribution is -2.44. The van der Waals surface area contributed by atoms with Gasteiger partial charge in [0.1, 0.15) is 13.2 Å². The van der Waals surface area contributed by atoms with Gasteiger partial charge in [-0.1, -0.05) is 338 Å². The Labute approximate surface area is 597 Å². The summed E-state index contributed by atoms with van der Waals surface area (Å²) in [5, 5.41) is 11.9. The summed E-state index contributed by atoms with van der Waals surface area (Å²) in [5.74, 6) is -2.29. The van der Waals surface area contributed by atoms with E-state index in [0.717, 1.165) is 135 Å². The molecule has 0 heterocycles. The van der Waals surface area contributed by atoms with Crippen molar-refractivity contribution in [1.29, 1.82) is 0 Å². The molecule has 0 aromatic heterocycles. The predicted octanol–water partition coefficient (Wildman–Crippen LogP) is 24.0. The number of allylic oxidation sites excluding steroid dienone is 28. The SMILES string of the molecule is CC/C=C\C/C=C\C/C=C\C/C=C\C/C=C\C/C=C\C/C=C\C/C=C\C/C=C\CCCCCCCCCCCC(=O)OC(COC(=O)CCCCCCCCCCCCCCCCCCCCC/C=C\C/C=C\C/C=C\C/C=C\C/C=C\CC)COC(OCC[N+](C)(C)C)C(=O)[O-]. The number of nitrogens with zero attached hydrogens (tertiary/aromatic N) is 1. The van der Waals surface area contributed by atoms with Crippen LogP contribution in [0.4, 0.5) is 0 Å². The lowest BCUT2D eigenvalue weighted by atomic mass is 10.0. The fraction of sp³-hybridized carbons (Fsp3) is 0.648. The molecule has 9 heteroatoms. The maximum atomic E-state index is 13.0. The van der Waals surface area contributed by atoms with Crippen LogP contribution < -0.4 is 5.11 Å². The fourth-order valence-electron chi connectivity index (χ4n) is 10.6. The summed E-state index contributed by atoms with van der Waals surface area (Å²) in [6, 6.07) is 0. The van der Waals surface area contributed by atoms with Gasteiger partial charge in [0, 0.05) is 12.8 Å². The molecule has 0 saturated carbocycles. The van der Waals surface area contributed by atoms with E-state index in [1.165, 1.54) is 141 Å². The van der Waals surface area contributed by atoms with Gasteiger partial charge in [0.2, 0.25) is 0 Å². The Morgan fingerprint density at radius 3 is 0.825 bits per heavy atom. The molecule has 550 valence electrons. The Morgan fingerprint density at radius 2 is 0.557 bits per heavy atom. The lowest BCUT2D eigenvalue weighted by molar-refractivity contribution is -0.870. The minimum atomic E-state index is -1.63. The van der Waals surface area contributed by atoms with Crippen molar-refractivity contribution in [2.45, 2.75) is 322 Å². The van der Waals surface area contributed by atoms with Crippen molar-refractivity contribution in [2.24, 2.45) is 0 Å². The summed E-state index contributed by atoms with van der Waals surface area (Å²) in [6.45, 7) is 4.52. The first-order valence-corrected chi connectivity index (χ1v) is 39.3. The third-order valence-electron chi connectivity index (χ3n) is 16.5. The van der Waals surface area contributed by atoms with Crippen molar-refractivity contribution >= 4 is 17.9 Å². The Kier molecular flexibility index (Phi) is 72.2. The molecule has 0 aliphatic heterocycles. The Morgan fingerprint density at radius 1 is 0.309 bits per heavy atom. The van der Waals surface area contributed by atoms with Crippen LogP contribution in [0.25, 0.3) is 0 Å². The first-order chi connectivity index (χ1) is 47.6. The number of likely N-dealkylation sites (N-methyl/N-ethyl adjacent to an activating group) is 1. The fourth-order valence-corrected chi connectivity index (χ4v) is 10.6. The Hall–Kier alpha value is -5.35. The number of esters is 2. The van der Waals surface area contributed by atoms with Crippen LogP contribution in [0.1, 0.15) is 309 Å². The molecule has 0 aromatic carbocycles. The molecule has 97 heavy (non-hydrogen) atoms. The highest BCUT2D eigenvalue weighted by atomic mass is 16.7. The molecule has 0 amide bonds. The maximum absolute atomic E-state index is 13.0. The third kappa shape index (κ3) is 77.9. The van der Waals surface area contributed by atoms with Crippen LogP contribution in [0, 0.1) is 0 Å². The van der Waals surface area contributed by atoms with E-state index in [-0.39, 0.29) is 38.6 Å². The molecule has 2 atom stereocenters. The smallest absolute Gasteiger partial charge is 0.306 e. The van der Waals surface area contributed by atoms with E-state index in [9.17, 15) is 19.5 Å². The van der Waals surface area contributed by atoms with E-state index in [2.05, 4.69) is 184 Å². The van der Waals surface area contributed by atoms with Gasteiger partial charge in [0.05, 0.1) is 40.3 Å². The first-order valence-electron chi connectivity index (χ1n) is 39.3. The van der Waals surface area contributed by atoms with E-state index in [0.29, 0.717) is 17.4 Å². The molecule has 0 spiro atoms. The van der Waals surface area contributed by atoms with Gasteiger partial charge in [0.25, 0.3) is 0 Å². The van der Waals surface area contributed by atoms with Crippen LogP contribution in [-0.2, 0) is 33.3 Å². The van der Waals surface area contributed by atoms with Crippen LogP contribution in [-0.4, -0.2) is 82.3 Å². The first kappa shape index (κ1) is 91.6. The third-order valence-corrected chi connectivity index (χ3v) is 16.5. The number of hydrogen-bond donors (Lipinski definition) is 0. The topological polar surface area (TPSA) is 111 Å². The second-order valence-electron chi connectivity index (χ2n) is 26.9. The number of carbonyl (C=O) groups is 3. The number of carboxylic acids is 1. The lowest BCUT2D eigenvalue weighted by Gasteiger charge is -2.26. The number of quaternary nitrogens is 1. The van der Waals surface area contributed by atoms with E-state index in [1.807, 2.05) is 21.1 Å². The van der Waals surface area contributed by atoms with Crippen LogP contribution in [0.3, 0.4) is 0 Å². The molecule has 0 saturated heterocycles. The normalized spacial score (nSPS) is 13.6. The number of carboxylic acid groups (broad SMARTS) is 1. The van der Waals surface area contributed by atoms with Crippen molar-refractivity contribution in [3.63, 3.8) is 0 Å². The van der Waals surface area contributed by atoms with E-state index in [4.69, 9.17) is 18.9 Å².